The molecule has 0 radical (unpaired) electrons. The van der Waals surface area contributed by atoms with Crippen molar-refractivity contribution in [3.8, 4) is 0 Å². The van der Waals surface area contributed by atoms with Crippen molar-refractivity contribution in [2.24, 2.45) is 4.99 Å². The molecule has 2 N–H and O–H groups in total. The van der Waals surface area contributed by atoms with Crippen LogP contribution in [-0.4, -0.2) is 4.74 Å². The van der Waals surface area contributed by atoms with Crippen molar-refractivity contribution in [2.75, 3.05) is 0 Å². The van der Waals surface area contributed by atoms with Gasteiger partial charge in [0.1, 0.15) is 4.61 Å². The third-order valence-corrected chi connectivity index (χ3v) is 1.38. The number of nitrogens with one attached hydrogen (secondary N) is 2. The van der Waals surface area contributed by atoms with Crippen LogP contribution < -0.4 is 10.9 Å². The molecule has 0 unspecified atom stereocenters. The molecule has 1 aliphatic rings. The van der Waals surface area contributed by atoms with Crippen LogP contribution in [0.1, 0.15) is 0 Å². The van der Waals surface area contributed by atoms with E-state index in [1.165, 1.54) is 0 Å². The molecule has 8 heavy (non-hydrogen) atoms. The summed E-state index contributed by atoms with van der Waals surface area (Å²) in [4.78, 5) is 3.86. The third-order valence-electron chi connectivity index (χ3n) is 0.576. The zero-order chi connectivity index (χ0) is 5.98. The largest absolute Gasteiger partial charge is 0.291 e. The molecule has 3 nitrogen and oxygen atoms in total. The Kier molecular flexibility index (Phi) is 1.90. The first kappa shape index (κ1) is 6.10. The normalized spacial score (nSPS) is 17.8. The summed E-state index contributed by atoms with van der Waals surface area (Å²) in [5, 5.41) is 0. The fraction of sp³-hybridized carbons (Fsp3) is 0. The van der Waals surface area contributed by atoms with Crippen LogP contribution in [0.15, 0.2) is 15.8 Å². The highest BCUT2D eigenvalue weighted by atomic mass is 79.9. The molecule has 0 aromatic rings. The second-order valence-corrected chi connectivity index (χ2v) is 2.75. The zero-order valence-electron chi connectivity index (χ0n) is 3.78. The number of nitrogens with zero attached hydrogens (tertiary/aromatic N) is 1. The molecule has 1 heterocycles. The Bertz CT molecular complexity index is 133. The van der Waals surface area contributed by atoms with Gasteiger partial charge in [-0.25, -0.2) is 4.99 Å². The van der Waals surface area contributed by atoms with Crippen LogP contribution in [0.25, 0.3) is 0 Å². The van der Waals surface area contributed by atoms with Crippen LogP contribution in [0, 0.1) is 0 Å². The van der Waals surface area contributed by atoms with E-state index in [9.17, 15) is 0 Å². The minimum atomic E-state index is 0.681. The summed E-state index contributed by atoms with van der Waals surface area (Å²) in [6.07, 6.45) is 1.65. The lowest BCUT2D eigenvalue weighted by Gasteiger charge is -2.08. The molecule has 0 bridgehead atoms. The number of halogens is 2. The number of hydrazine groups is 1. The Morgan fingerprint density at radius 1 is 1.38 bits per heavy atom. The molecule has 0 saturated heterocycles. The Balaban J connectivity index is 2.65. The minimum Gasteiger partial charge on any atom is -0.291 e. The maximum Gasteiger partial charge on any atom is 0.189 e. The van der Waals surface area contributed by atoms with Gasteiger partial charge in [-0.2, -0.15) is 0 Å². The van der Waals surface area contributed by atoms with Crippen LogP contribution in [-0.2, 0) is 0 Å². The molecular weight excluding hydrogens is 238 g/mol. The van der Waals surface area contributed by atoms with E-state index in [-0.39, 0.29) is 0 Å². The Labute approximate surface area is 63.5 Å². The van der Waals surface area contributed by atoms with E-state index in [1.54, 1.807) is 6.20 Å². The summed E-state index contributed by atoms with van der Waals surface area (Å²) in [5.74, 6) is 0. The topological polar surface area (TPSA) is 36.4 Å². The Morgan fingerprint density at radius 3 is 2.50 bits per heavy atom. The molecule has 0 aromatic carbocycles. The van der Waals surface area contributed by atoms with E-state index in [2.05, 4.69) is 47.7 Å². The van der Waals surface area contributed by atoms with E-state index in [1.807, 2.05) is 0 Å². The first-order valence-electron chi connectivity index (χ1n) is 1.90. The van der Waals surface area contributed by atoms with Gasteiger partial charge in [-0.05, 0) is 31.9 Å². The van der Waals surface area contributed by atoms with E-state index in [0.717, 1.165) is 4.61 Å². The van der Waals surface area contributed by atoms with E-state index in [4.69, 9.17) is 0 Å². The molecule has 0 amide bonds. The smallest absolute Gasteiger partial charge is 0.189 e. The van der Waals surface area contributed by atoms with Crippen molar-refractivity contribution in [2.45, 2.75) is 0 Å². The number of rotatable bonds is 0. The highest BCUT2D eigenvalue weighted by Gasteiger charge is 1.96. The average molecular weight is 241 g/mol. The van der Waals surface area contributed by atoms with E-state index >= 15 is 0 Å². The van der Waals surface area contributed by atoms with Gasteiger partial charge in [0.25, 0.3) is 0 Å². The molecule has 0 aromatic heterocycles. The molecule has 0 aliphatic carbocycles. The predicted octanol–water partition coefficient (Wildman–Crippen LogP) is 1.04. The van der Waals surface area contributed by atoms with Crippen molar-refractivity contribution in [1.82, 2.24) is 10.9 Å². The molecule has 5 heteroatoms. The highest BCUT2D eigenvalue weighted by molar-refractivity contribution is 9.18. The van der Waals surface area contributed by atoms with E-state index < -0.39 is 0 Å². The van der Waals surface area contributed by atoms with Gasteiger partial charge >= 0.3 is 0 Å². The van der Waals surface area contributed by atoms with Crippen LogP contribution in [0.4, 0.5) is 0 Å². The maximum absolute atomic E-state index is 3.86. The first-order chi connectivity index (χ1) is 3.79. The standard InChI is InChI=1S/C3H3Br2N3/c4-2-1-6-3(5)8-7-2/h1,7H,(H,6,8). The summed E-state index contributed by atoms with van der Waals surface area (Å²) in [6, 6.07) is 0. The summed E-state index contributed by atoms with van der Waals surface area (Å²) >= 11 is 6.30. The van der Waals surface area contributed by atoms with Crippen molar-refractivity contribution in [3.05, 3.63) is 10.8 Å². The zero-order valence-corrected chi connectivity index (χ0v) is 6.95. The predicted molar refractivity (Wildman–Crippen MR) is 39.6 cm³/mol. The lowest BCUT2D eigenvalue weighted by atomic mass is 10.9. The van der Waals surface area contributed by atoms with Crippen LogP contribution in [0.5, 0.6) is 0 Å². The quantitative estimate of drug-likeness (QED) is 0.621. The van der Waals surface area contributed by atoms with Crippen LogP contribution in [0.3, 0.4) is 0 Å². The maximum atomic E-state index is 3.86. The van der Waals surface area contributed by atoms with Crippen LogP contribution >= 0.6 is 31.9 Å². The van der Waals surface area contributed by atoms with Crippen LogP contribution in [0.2, 0.25) is 0 Å². The fourth-order valence-corrected chi connectivity index (χ4v) is 0.692. The van der Waals surface area contributed by atoms with Crippen molar-refractivity contribution < 1.29 is 0 Å². The third kappa shape index (κ3) is 1.48. The lowest BCUT2D eigenvalue weighted by Crippen LogP contribution is -2.34. The number of hydrogen-bond donors (Lipinski definition) is 2. The van der Waals surface area contributed by atoms with Gasteiger partial charge in [-0.1, -0.05) is 0 Å². The monoisotopic (exact) mass is 239 g/mol. The van der Waals surface area contributed by atoms with Gasteiger partial charge < -0.3 is 0 Å². The van der Waals surface area contributed by atoms with Gasteiger partial charge in [0.2, 0.25) is 0 Å². The summed E-state index contributed by atoms with van der Waals surface area (Å²) < 4.78 is 1.50. The molecule has 0 saturated carbocycles. The summed E-state index contributed by atoms with van der Waals surface area (Å²) in [6.45, 7) is 0. The Morgan fingerprint density at radius 2 is 2.12 bits per heavy atom. The van der Waals surface area contributed by atoms with Gasteiger partial charge in [-0.3, -0.25) is 10.9 Å². The van der Waals surface area contributed by atoms with Crippen molar-refractivity contribution in [3.63, 3.8) is 0 Å². The van der Waals surface area contributed by atoms with Crippen molar-refractivity contribution >= 4 is 36.6 Å². The van der Waals surface area contributed by atoms with Gasteiger partial charge in [-0.15, -0.1) is 0 Å². The molecule has 44 valence electrons. The minimum absolute atomic E-state index is 0.681. The van der Waals surface area contributed by atoms with Crippen molar-refractivity contribution in [1.29, 1.82) is 0 Å². The summed E-state index contributed by atoms with van der Waals surface area (Å²) in [7, 11) is 0. The highest BCUT2D eigenvalue weighted by Crippen LogP contribution is 2.02. The SMILES string of the molecule is BrC1=CN=C(Br)NN1. The lowest BCUT2D eigenvalue weighted by molar-refractivity contribution is 0.804. The number of hydrogen-bond acceptors (Lipinski definition) is 3. The second-order valence-electron chi connectivity index (χ2n) is 1.15. The van der Waals surface area contributed by atoms with Gasteiger partial charge in [0.15, 0.2) is 4.74 Å². The molecule has 0 spiro atoms. The summed E-state index contributed by atoms with van der Waals surface area (Å²) in [5.41, 5.74) is 5.52. The molecule has 0 atom stereocenters. The molecule has 1 aliphatic heterocycles. The fourth-order valence-electron chi connectivity index (χ4n) is 0.289. The average Bonchev–Trinajstić information content (AvgIpc) is 1.77. The van der Waals surface area contributed by atoms with Gasteiger partial charge in [0.05, 0.1) is 6.20 Å². The number of amidine groups is 1. The number of aliphatic imine (C=N–C) groups is 1. The van der Waals surface area contributed by atoms with Gasteiger partial charge in [0, 0.05) is 0 Å². The van der Waals surface area contributed by atoms with E-state index in [0.29, 0.717) is 4.74 Å². The molecule has 0 fully saturated rings. The second kappa shape index (κ2) is 2.50. The Hall–Kier alpha value is -0.0300. The first-order valence-corrected chi connectivity index (χ1v) is 3.48. The molecule has 1 rings (SSSR count). The molecular formula is C3H3Br2N3.